The van der Waals surface area contributed by atoms with Crippen molar-refractivity contribution in [2.75, 3.05) is 5.88 Å². The fraction of sp³-hybridized carbons (Fsp3) is 0.588. The predicted molar refractivity (Wildman–Crippen MR) is 98.1 cm³/mol. The molecule has 0 saturated heterocycles. The van der Waals surface area contributed by atoms with Crippen LogP contribution in [0.4, 0.5) is 0 Å². The van der Waals surface area contributed by atoms with Crippen molar-refractivity contribution in [3.63, 3.8) is 0 Å². The number of aryl methyl sites for hydroxylation is 1. The van der Waals surface area contributed by atoms with Crippen molar-refractivity contribution in [1.29, 1.82) is 0 Å². The van der Waals surface area contributed by atoms with E-state index in [1.54, 1.807) is 0 Å². The molecule has 1 aliphatic carbocycles. The Bertz CT molecular complexity index is 637. The van der Waals surface area contributed by atoms with Crippen LogP contribution in [0, 0.1) is 15.4 Å². The average molecular weight is 417 g/mol. The number of benzene rings is 1. The third-order valence-corrected chi connectivity index (χ3v) is 5.94. The van der Waals surface area contributed by atoms with E-state index in [-0.39, 0.29) is 0 Å². The molecule has 1 aromatic carbocycles. The number of rotatable bonds is 4. The van der Waals surface area contributed by atoms with E-state index in [1.165, 1.54) is 28.3 Å². The summed E-state index contributed by atoms with van der Waals surface area (Å²) in [5, 5.41) is 0. The van der Waals surface area contributed by atoms with E-state index in [0.29, 0.717) is 11.9 Å². The van der Waals surface area contributed by atoms with Gasteiger partial charge in [-0.15, -0.1) is 11.6 Å². The number of hydrogen-bond acceptors (Lipinski definition) is 1. The highest BCUT2D eigenvalue weighted by Gasteiger charge is 2.34. The molecule has 1 fully saturated rings. The Morgan fingerprint density at radius 2 is 2.19 bits per heavy atom. The molecule has 3 atom stereocenters. The minimum atomic E-state index is 0.582. The second kappa shape index (κ2) is 6.45. The fourth-order valence-corrected chi connectivity index (χ4v) is 4.56. The van der Waals surface area contributed by atoms with Crippen LogP contribution >= 0.6 is 34.2 Å². The van der Waals surface area contributed by atoms with Crippen molar-refractivity contribution in [2.45, 2.75) is 45.6 Å². The summed E-state index contributed by atoms with van der Waals surface area (Å²) >= 11 is 8.37. The monoisotopic (exact) mass is 416 g/mol. The highest BCUT2D eigenvalue weighted by molar-refractivity contribution is 14.1. The van der Waals surface area contributed by atoms with Crippen LogP contribution < -0.4 is 0 Å². The Hall–Kier alpha value is -0.290. The van der Waals surface area contributed by atoms with Gasteiger partial charge in [-0.05, 0) is 65.5 Å². The van der Waals surface area contributed by atoms with Crippen LogP contribution in [0.15, 0.2) is 18.2 Å². The average Bonchev–Trinajstić information content (AvgIpc) is 2.98. The lowest BCUT2D eigenvalue weighted by atomic mass is 9.93. The van der Waals surface area contributed by atoms with Crippen LogP contribution in [0.25, 0.3) is 11.0 Å². The topological polar surface area (TPSA) is 17.8 Å². The van der Waals surface area contributed by atoms with Crippen molar-refractivity contribution < 1.29 is 0 Å². The third kappa shape index (κ3) is 2.83. The van der Waals surface area contributed by atoms with Gasteiger partial charge in [0, 0.05) is 21.9 Å². The summed E-state index contributed by atoms with van der Waals surface area (Å²) in [6, 6.07) is 7.18. The van der Waals surface area contributed by atoms with Crippen LogP contribution in [0.5, 0.6) is 0 Å². The molecule has 0 radical (unpaired) electrons. The summed E-state index contributed by atoms with van der Waals surface area (Å²) in [4.78, 5) is 4.87. The molecule has 1 aliphatic rings. The number of alkyl halides is 1. The van der Waals surface area contributed by atoms with Crippen molar-refractivity contribution in [3.8, 4) is 0 Å². The Morgan fingerprint density at radius 3 is 2.86 bits per heavy atom. The zero-order valence-electron chi connectivity index (χ0n) is 12.6. The number of imidazole rings is 1. The van der Waals surface area contributed by atoms with Crippen molar-refractivity contribution >= 4 is 45.2 Å². The highest BCUT2D eigenvalue weighted by atomic mass is 127. The SMILES string of the molecule is CCC1CCC(n2c(CCCl)nc3cc(I)ccc32)C1C. The van der Waals surface area contributed by atoms with Crippen molar-refractivity contribution in [3.05, 3.63) is 27.6 Å². The molecule has 21 heavy (non-hydrogen) atoms. The largest absolute Gasteiger partial charge is 0.325 e. The normalized spacial score (nSPS) is 25.8. The maximum absolute atomic E-state index is 6.01. The van der Waals surface area contributed by atoms with E-state index in [9.17, 15) is 0 Å². The fourth-order valence-electron chi connectivity index (χ4n) is 3.92. The summed E-state index contributed by atoms with van der Waals surface area (Å²) in [7, 11) is 0. The van der Waals surface area contributed by atoms with Crippen molar-refractivity contribution in [1.82, 2.24) is 9.55 Å². The predicted octanol–water partition coefficient (Wildman–Crippen LogP) is 5.42. The molecule has 4 heteroatoms. The molecule has 0 bridgehead atoms. The molecule has 3 rings (SSSR count). The van der Waals surface area contributed by atoms with E-state index >= 15 is 0 Å². The third-order valence-electron chi connectivity index (χ3n) is 5.08. The summed E-state index contributed by atoms with van der Waals surface area (Å²) < 4.78 is 3.74. The van der Waals surface area contributed by atoms with Gasteiger partial charge in [-0.3, -0.25) is 0 Å². The maximum atomic E-state index is 6.01. The first-order valence-corrected chi connectivity index (χ1v) is 9.49. The number of nitrogens with zero attached hydrogens (tertiary/aromatic N) is 2. The molecule has 0 spiro atoms. The van der Waals surface area contributed by atoms with Gasteiger partial charge in [0.1, 0.15) is 5.82 Å². The second-order valence-electron chi connectivity index (χ2n) is 6.14. The molecule has 0 aliphatic heterocycles. The Labute approximate surface area is 145 Å². The lowest BCUT2D eigenvalue weighted by molar-refractivity contribution is 0.329. The smallest absolute Gasteiger partial charge is 0.111 e. The number of hydrogen-bond donors (Lipinski definition) is 0. The lowest BCUT2D eigenvalue weighted by Crippen LogP contribution is -2.18. The minimum Gasteiger partial charge on any atom is -0.325 e. The first-order valence-electron chi connectivity index (χ1n) is 7.88. The first-order chi connectivity index (χ1) is 10.2. The number of halogens is 2. The number of fused-ring (bicyclic) bond motifs is 1. The molecule has 0 amide bonds. The van der Waals surface area contributed by atoms with Gasteiger partial charge in [0.2, 0.25) is 0 Å². The summed E-state index contributed by atoms with van der Waals surface area (Å²) in [6.45, 7) is 4.73. The van der Waals surface area contributed by atoms with Crippen LogP contribution in [-0.4, -0.2) is 15.4 Å². The van der Waals surface area contributed by atoms with Gasteiger partial charge in [0.25, 0.3) is 0 Å². The van der Waals surface area contributed by atoms with E-state index in [2.05, 4.69) is 59.2 Å². The zero-order valence-corrected chi connectivity index (χ0v) is 15.6. The Kier molecular flexibility index (Phi) is 4.79. The van der Waals surface area contributed by atoms with E-state index in [4.69, 9.17) is 16.6 Å². The molecule has 1 aromatic heterocycles. The van der Waals surface area contributed by atoms with Gasteiger partial charge in [0.15, 0.2) is 0 Å². The second-order valence-corrected chi connectivity index (χ2v) is 7.77. The molecule has 3 unspecified atom stereocenters. The molecule has 1 heterocycles. The molecule has 0 N–H and O–H groups in total. The quantitative estimate of drug-likeness (QED) is 0.481. The number of aromatic nitrogens is 2. The van der Waals surface area contributed by atoms with Gasteiger partial charge < -0.3 is 4.57 Å². The first kappa shape index (κ1) is 15.6. The molecular formula is C17H22ClIN2. The zero-order chi connectivity index (χ0) is 15.0. The molecule has 114 valence electrons. The molecule has 2 aromatic rings. The lowest BCUT2D eigenvalue weighted by Gasteiger charge is -2.23. The Morgan fingerprint density at radius 1 is 1.38 bits per heavy atom. The van der Waals surface area contributed by atoms with E-state index < -0.39 is 0 Å². The minimum absolute atomic E-state index is 0.582. The van der Waals surface area contributed by atoms with Gasteiger partial charge in [-0.1, -0.05) is 20.3 Å². The Balaban J connectivity index is 2.09. The van der Waals surface area contributed by atoms with Crippen molar-refractivity contribution in [2.24, 2.45) is 11.8 Å². The van der Waals surface area contributed by atoms with Gasteiger partial charge in [-0.25, -0.2) is 4.98 Å². The van der Waals surface area contributed by atoms with Gasteiger partial charge in [0.05, 0.1) is 11.0 Å². The van der Waals surface area contributed by atoms with Gasteiger partial charge >= 0.3 is 0 Å². The van der Waals surface area contributed by atoms with E-state index in [0.717, 1.165) is 29.6 Å². The van der Waals surface area contributed by atoms with Gasteiger partial charge in [-0.2, -0.15) is 0 Å². The van der Waals surface area contributed by atoms with Crippen LogP contribution in [0.2, 0.25) is 0 Å². The van der Waals surface area contributed by atoms with Crippen LogP contribution in [0.1, 0.15) is 45.0 Å². The summed E-state index contributed by atoms with van der Waals surface area (Å²) in [5.41, 5.74) is 2.40. The summed E-state index contributed by atoms with van der Waals surface area (Å²) in [6.07, 6.45) is 4.75. The highest BCUT2D eigenvalue weighted by Crippen LogP contribution is 2.43. The van der Waals surface area contributed by atoms with Crippen LogP contribution in [-0.2, 0) is 6.42 Å². The van der Waals surface area contributed by atoms with Crippen LogP contribution in [0.3, 0.4) is 0 Å². The standard InChI is InChI=1S/C17H22ClIN2/c1-3-12-4-6-15(11(12)2)21-16-7-5-13(19)10-14(16)20-17(21)8-9-18/h5,7,10-12,15H,3-4,6,8-9H2,1-2H3. The summed E-state index contributed by atoms with van der Waals surface area (Å²) in [5.74, 6) is 3.37. The van der Waals surface area contributed by atoms with E-state index in [1.807, 2.05) is 0 Å². The maximum Gasteiger partial charge on any atom is 0.111 e. The molecule has 1 saturated carbocycles. The molecular weight excluding hydrogens is 395 g/mol. The molecule has 2 nitrogen and oxygen atoms in total.